The highest BCUT2D eigenvalue weighted by Gasteiger charge is 2.07. The van der Waals surface area contributed by atoms with Crippen LogP contribution in [0.5, 0.6) is 5.75 Å². The molecule has 98 valence electrons. The standard InChI is InChI=1S/C14H14N2O3/c1-9-15-11(8-14(17)18)7-13(16-9)10-3-5-12(19-2)6-4-10/h3-7H,8H2,1-2H3,(H,17,18). The number of hydrogen-bond donors (Lipinski definition) is 1. The highest BCUT2D eigenvalue weighted by Crippen LogP contribution is 2.21. The van der Waals surface area contributed by atoms with Gasteiger partial charge in [-0.05, 0) is 37.3 Å². The lowest BCUT2D eigenvalue weighted by atomic mass is 10.1. The lowest BCUT2D eigenvalue weighted by molar-refractivity contribution is -0.136. The number of aliphatic carboxylic acids is 1. The second-order valence-electron chi connectivity index (χ2n) is 4.09. The minimum absolute atomic E-state index is 0.105. The van der Waals surface area contributed by atoms with Crippen LogP contribution in [0.4, 0.5) is 0 Å². The summed E-state index contributed by atoms with van der Waals surface area (Å²) in [5, 5.41) is 8.81. The van der Waals surface area contributed by atoms with Gasteiger partial charge in [-0.15, -0.1) is 0 Å². The first kappa shape index (κ1) is 13.0. The van der Waals surface area contributed by atoms with Gasteiger partial charge in [-0.3, -0.25) is 4.79 Å². The number of methoxy groups -OCH3 is 1. The van der Waals surface area contributed by atoms with Crippen LogP contribution in [0.15, 0.2) is 30.3 Å². The van der Waals surface area contributed by atoms with E-state index < -0.39 is 5.97 Å². The number of aryl methyl sites for hydroxylation is 1. The molecule has 5 nitrogen and oxygen atoms in total. The Bertz CT molecular complexity index is 594. The molecule has 0 saturated heterocycles. The highest BCUT2D eigenvalue weighted by molar-refractivity contribution is 5.70. The molecule has 0 radical (unpaired) electrons. The second-order valence-corrected chi connectivity index (χ2v) is 4.09. The molecule has 5 heteroatoms. The van der Waals surface area contributed by atoms with E-state index in [-0.39, 0.29) is 6.42 Å². The van der Waals surface area contributed by atoms with E-state index in [1.165, 1.54) is 0 Å². The van der Waals surface area contributed by atoms with Crippen molar-refractivity contribution in [2.75, 3.05) is 7.11 Å². The number of carboxylic acid groups (broad SMARTS) is 1. The summed E-state index contributed by atoms with van der Waals surface area (Å²) >= 11 is 0. The van der Waals surface area contributed by atoms with Crippen LogP contribution in [-0.2, 0) is 11.2 Å². The van der Waals surface area contributed by atoms with Crippen LogP contribution in [0.3, 0.4) is 0 Å². The van der Waals surface area contributed by atoms with Gasteiger partial charge in [0.05, 0.1) is 24.9 Å². The summed E-state index contributed by atoms with van der Waals surface area (Å²) in [7, 11) is 1.61. The third-order valence-electron chi connectivity index (χ3n) is 2.61. The monoisotopic (exact) mass is 258 g/mol. The fourth-order valence-electron chi connectivity index (χ4n) is 1.78. The molecule has 0 unspecified atom stereocenters. The number of benzene rings is 1. The van der Waals surface area contributed by atoms with Crippen LogP contribution in [-0.4, -0.2) is 28.2 Å². The Hall–Kier alpha value is -2.43. The summed E-state index contributed by atoms with van der Waals surface area (Å²) in [6, 6.07) is 9.13. The van der Waals surface area contributed by atoms with E-state index in [9.17, 15) is 4.79 Å². The summed E-state index contributed by atoms with van der Waals surface area (Å²) in [4.78, 5) is 19.2. The van der Waals surface area contributed by atoms with Crippen LogP contribution in [0.2, 0.25) is 0 Å². The molecule has 0 atom stereocenters. The Morgan fingerprint density at radius 1 is 1.26 bits per heavy atom. The van der Waals surface area contributed by atoms with Crippen molar-refractivity contribution in [1.82, 2.24) is 9.97 Å². The molecule has 2 rings (SSSR count). The molecule has 0 fully saturated rings. The van der Waals surface area contributed by atoms with Crippen LogP contribution >= 0.6 is 0 Å². The largest absolute Gasteiger partial charge is 0.497 e. The maximum atomic E-state index is 10.7. The number of carboxylic acids is 1. The van der Waals surface area contributed by atoms with Crippen LogP contribution in [0, 0.1) is 6.92 Å². The van der Waals surface area contributed by atoms with E-state index in [4.69, 9.17) is 9.84 Å². The Morgan fingerprint density at radius 3 is 2.53 bits per heavy atom. The molecular weight excluding hydrogens is 244 g/mol. The van der Waals surface area contributed by atoms with Crippen molar-refractivity contribution < 1.29 is 14.6 Å². The molecule has 1 aromatic carbocycles. The molecule has 0 bridgehead atoms. The molecule has 0 amide bonds. The molecule has 0 aliphatic rings. The number of nitrogens with zero attached hydrogens (tertiary/aromatic N) is 2. The number of carbonyl (C=O) groups is 1. The fraction of sp³-hybridized carbons (Fsp3) is 0.214. The molecule has 1 N–H and O–H groups in total. The third-order valence-corrected chi connectivity index (χ3v) is 2.61. The number of aromatic nitrogens is 2. The predicted octanol–water partition coefficient (Wildman–Crippen LogP) is 2.09. The average molecular weight is 258 g/mol. The zero-order valence-corrected chi connectivity index (χ0v) is 10.8. The normalized spacial score (nSPS) is 10.2. The number of ether oxygens (including phenoxy) is 1. The molecule has 2 aromatic rings. The minimum Gasteiger partial charge on any atom is -0.497 e. The molecule has 1 heterocycles. The summed E-state index contributed by atoms with van der Waals surface area (Å²) in [6.45, 7) is 1.75. The van der Waals surface area contributed by atoms with Gasteiger partial charge in [0.2, 0.25) is 0 Å². The van der Waals surface area contributed by atoms with Gasteiger partial charge in [0.25, 0.3) is 0 Å². The Balaban J connectivity index is 2.37. The smallest absolute Gasteiger partial charge is 0.309 e. The maximum Gasteiger partial charge on any atom is 0.309 e. The van der Waals surface area contributed by atoms with E-state index in [0.717, 1.165) is 11.3 Å². The molecule has 1 aromatic heterocycles. The first-order valence-electron chi connectivity index (χ1n) is 5.79. The van der Waals surface area contributed by atoms with Crippen molar-refractivity contribution in [3.63, 3.8) is 0 Å². The van der Waals surface area contributed by atoms with Crippen molar-refractivity contribution >= 4 is 5.97 Å². The molecule has 0 saturated carbocycles. The average Bonchev–Trinajstić information content (AvgIpc) is 2.37. The van der Waals surface area contributed by atoms with Gasteiger partial charge in [0.1, 0.15) is 11.6 Å². The molecule has 0 aliphatic carbocycles. The fourth-order valence-corrected chi connectivity index (χ4v) is 1.78. The first-order chi connectivity index (χ1) is 9.08. The number of rotatable bonds is 4. The van der Waals surface area contributed by atoms with Gasteiger partial charge in [-0.25, -0.2) is 9.97 Å². The summed E-state index contributed by atoms with van der Waals surface area (Å²) in [5.74, 6) is 0.420. The maximum absolute atomic E-state index is 10.7. The van der Waals surface area contributed by atoms with E-state index >= 15 is 0 Å². The van der Waals surface area contributed by atoms with E-state index in [1.807, 2.05) is 24.3 Å². The summed E-state index contributed by atoms with van der Waals surface area (Å²) in [6.07, 6.45) is -0.105. The van der Waals surface area contributed by atoms with Gasteiger partial charge in [-0.1, -0.05) is 0 Å². The van der Waals surface area contributed by atoms with Gasteiger partial charge in [0, 0.05) is 5.56 Å². The van der Waals surface area contributed by atoms with E-state index in [0.29, 0.717) is 17.2 Å². The Kier molecular flexibility index (Phi) is 3.75. The topological polar surface area (TPSA) is 72.3 Å². The van der Waals surface area contributed by atoms with Crippen molar-refractivity contribution in [3.05, 3.63) is 41.9 Å². The highest BCUT2D eigenvalue weighted by atomic mass is 16.5. The zero-order valence-electron chi connectivity index (χ0n) is 10.8. The minimum atomic E-state index is -0.904. The number of hydrogen-bond acceptors (Lipinski definition) is 4. The van der Waals surface area contributed by atoms with Crippen LogP contribution in [0.1, 0.15) is 11.5 Å². The zero-order chi connectivity index (χ0) is 13.8. The Morgan fingerprint density at radius 2 is 1.95 bits per heavy atom. The molecule has 0 aliphatic heterocycles. The van der Waals surface area contributed by atoms with Gasteiger partial charge < -0.3 is 9.84 Å². The Labute approximate surface area is 110 Å². The van der Waals surface area contributed by atoms with Crippen LogP contribution in [0.25, 0.3) is 11.3 Å². The summed E-state index contributed by atoms with van der Waals surface area (Å²) < 4.78 is 5.09. The first-order valence-corrected chi connectivity index (χ1v) is 5.79. The lowest BCUT2D eigenvalue weighted by Gasteiger charge is -2.06. The van der Waals surface area contributed by atoms with E-state index in [2.05, 4.69) is 9.97 Å². The quantitative estimate of drug-likeness (QED) is 0.909. The van der Waals surface area contributed by atoms with Crippen molar-refractivity contribution in [2.24, 2.45) is 0 Å². The molecular formula is C14H14N2O3. The predicted molar refractivity (Wildman–Crippen MR) is 70.1 cm³/mol. The van der Waals surface area contributed by atoms with Gasteiger partial charge in [0.15, 0.2) is 0 Å². The second kappa shape index (κ2) is 5.48. The SMILES string of the molecule is COc1ccc(-c2cc(CC(=O)O)nc(C)n2)cc1. The van der Waals surface area contributed by atoms with Gasteiger partial charge in [-0.2, -0.15) is 0 Å². The van der Waals surface area contributed by atoms with Crippen molar-refractivity contribution in [3.8, 4) is 17.0 Å². The van der Waals surface area contributed by atoms with Crippen molar-refractivity contribution in [2.45, 2.75) is 13.3 Å². The van der Waals surface area contributed by atoms with Crippen molar-refractivity contribution in [1.29, 1.82) is 0 Å². The lowest BCUT2D eigenvalue weighted by Crippen LogP contribution is -2.05. The third kappa shape index (κ3) is 3.28. The summed E-state index contributed by atoms with van der Waals surface area (Å²) in [5.41, 5.74) is 2.12. The molecule has 0 spiro atoms. The van der Waals surface area contributed by atoms with Crippen LogP contribution < -0.4 is 4.74 Å². The molecule has 19 heavy (non-hydrogen) atoms. The van der Waals surface area contributed by atoms with Gasteiger partial charge >= 0.3 is 5.97 Å². The van der Waals surface area contributed by atoms with E-state index in [1.54, 1.807) is 20.1 Å².